The number of hydrogen-bond donors (Lipinski definition) is 1. The Bertz CT molecular complexity index is 512. The summed E-state index contributed by atoms with van der Waals surface area (Å²) in [5.41, 5.74) is 8.84. The van der Waals surface area contributed by atoms with E-state index in [9.17, 15) is 0 Å². The number of methoxy groups -OCH3 is 1. The Balaban J connectivity index is 2.55. The first-order valence-electron chi connectivity index (χ1n) is 5.61. The number of anilines is 1. The number of aryl methyl sites for hydroxylation is 2. The van der Waals surface area contributed by atoms with Gasteiger partial charge in [-0.3, -0.25) is 0 Å². The van der Waals surface area contributed by atoms with Gasteiger partial charge in [0.2, 0.25) is 0 Å². The summed E-state index contributed by atoms with van der Waals surface area (Å²) in [6.07, 6.45) is 2.89. The highest BCUT2D eigenvalue weighted by atomic mass is 16.5. The van der Waals surface area contributed by atoms with E-state index in [1.165, 1.54) is 5.56 Å². The number of hydrogen-bond acceptors (Lipinski definition) is 3. The van der Waals surface area contributed by atoms with Crippen molar-refractivity contribution in [2.24, 2.45) is 7.05 Å². The van der Waals surface area contributed by atoms with Crippen LogP contribution in [0, 0.1) is 0 Å². The Kier molecular flexibility index (Phi) is 3.04. The highest BCUT2D eigenvalue weighted by molar-refractivity contribution is 5.68. The molecule has 2 N–H and O–H groups in total. The molecule has 0 unspecified atom stereocenters. The minimum atomic E-state index is 0.504. The zero-order valence-electron chi connectivity index (χ0n) is 10.4. The lowest BCUT2D eigenvalue weighted by Gasteiger charge is -2.07. The fourth-order valence-electron chi connectivity index (χ4n) is 1.79. The van der Waals surface area contributed by atoms with Gasteiger partial charge in [0.1, 0.15) is 5.75 Å². The van der Waals surface area contributed by atoms with Crippen molar-refractivity contribution in [2.45, 2.75) is 13.3 Å². The molecule has 0 amide bonds. The van der Waals surface area contributed by atoms with Crippen LogP contribution in [0.15, 0.2) is 24.4 Å². The fourth-order valence-corrected chi connectivity index (χ4v) is 1.79. The summed E-state index contributed by atoms with van der Waals surface area (Å²) in [6, 6.07) is 6.13. The van der Waals surface area contributed by atoms with Gasteiger partial charge in [-0.15, -0.1) is 0 Å². The molecular formula is C13H17N3O. The number of rotatable bonds is 3. The molecule has 0 radical (unpaired) electrons. The van der Waals surface area contributed by atoms with E-state index in [1.807, 2.05) is 19.3 Å². The van der Waals surface area contributed by atoms with E-state index in [1.54, 1.807) is 11.7 Å². The summed E-state index contributed by atoms with van der Waals surface area (Å²) in [7, 11) is 3.54. The van der Waals surface area contributed by atoms with E-state index in [-0.39, 0.29) is 0 Å². The first kappa shape index (κ1) is 11.5. The maximum absolute atomic E-state index is 5.75. The van der Waals surface area contributed by atoms with E-state index >= 15 is 0 Å². The number of nitrogens with two attached hydrogens (primary N) is 1. The van der Waals surface area contributed by atoms with Crippen molar-refractivity contribution >= 4 is 5.95 Å². The molecule has 90 valence electrons. The third kappa shape index (κ3) is 2.11. The molecular weight excluding hydrogens is 214 g/mol. The standard InChI is InChI=1S/C13H17N3O/c1-4-9-5-6-12(17-3)10(7-9)11-8-16(2)13(14)15-11/h5-8H,4H2,1-3H3,(H2,14,15). The molecule has 4 nitrogen and oxygen atoms in total. The Hall–Kier alpha value is -1.97. The van der Waals surface area contributed by atoms with E-state index in [4.69, 9.17) is 10.5 Å². The summed E-state index contributed by atoms with van der Waals surface area (Å²) in [4.78, 5) is 4.33. The lowest BCUT2D eigenvalue weighted by atomic mass is 10.1. The molecule has 0 fully saturated rings. The van der Waals surface area contributed by atoms with Crippen molar-refractivity contribution < 1.29 is 4.74 Å². The van der Waals surface area contributed by atoms with Gasteiger partial charge in [0, 0.05) is 18.8 Å². The molecule has 2 rings (SSSR count). The number of nitrogens with zero attached hydrogens (tertiary/aromatic N) is 2. The van der Waals surface area contributed by atoms with Crippen LogP contribution in [0.2, 0.25) is 0 Å². The molecule has 0 saturated heterocycles. The average molecular weight is 231 g/mol. The Morgan fingerprint density at radius 3 is 2.71 bits per heavy atom. The third-order valence-electron chi connectivity index (χ3n) is 2.86. The normalized spacial score (nSPS) is 10.5. The molecule has 1 aromatic carbocycles. The second-order valence-corrected chi connectivity index (χ2v) is 3.98. The van der Waals surface area contributed by atoms with Gasteiger partial charge in [-0.1, -0.05) is 13.0 Å². The van der Waals surface area contributed by atoms with Crippen LogP contribution in [0.4, 0.5) is 5.95 Å². The van der Waals surface area contributed by atoms with E-state index in [0.717, 1.165) is 23.4 Å². The molecule has 0 aliphatic rings. The Morgan fingerprint density at radius 2 is 2.18 bits per heavy atom. The molecule has 0 atom stereocenters. The molecule has 1 aromatic heterocycles. The maximum Gasteiger partial charge on any atom is 0.200 e. The molecule has 2 aromatic rings. The second kappa shape index (κ2) is 4.49. The quantitative estimate of drug-likeness (QED) is 0.881. The Morgan fingerprint density at radius 1 is 1.41 bits per heavy atom. The predicted octanol–water partition coefficient (Wildman–Crippen LogP) is 2.24. The molecule has 0 saturated carbocycles. The van der Waals surface area contributed by atoms with Crippen molar-refractivity contribution in [1.82, 2.24) is 9.55 Å². The zero-order valence-corrected chi connectivity index (χ0v) is 10.4. The van der Waals surface area contributed by atoms with Crippen LogP contribution in [0.1, 0.15) is 12.5 Å². The van der Waals surface area contributed by atoms with Gasteiger partial charge in [-0.2, -0.15) is 0 Å². The van der Waals surface area contributed by atoms with Gasteiger partial charge < -0.3 is 15.0 Å². The topological polar surface area (TPSA) is 53.1 Å². The zero-order chi connectivity index (χ0) is 12.4. The number of aromatic nitrogens is 2. The summed E-state index contributed by atoms with van der Waals surface area (Å²) in [6.45, 7) is 2.12. The molecule has 17 heavy (non-hydrogen) atoms. The van der Waals surface area contributed by atoms with E-state index in [2.05, 4.69) is 24.0 Å². The molecule has 0 spiro atoms. The molecule has 1 heterocycles. The summed E-state index contributed by atoms with van der Waals surface area (Å²) in [5, 5.41) is 0. The van der Waals surface area contributed by atoms with Crippen LogP contribution >= 0.6 is 0 Å². The fraction of sp³-hybridized carbons (Fsp3) is 0.308. The van der Waals surface area contributed by atoms with Gasteiger partial charge in [-0.25, -0.2) is 4.98 Å². The first-order valence-corrected chi connectivity index (χ1v) is 5.61. The van der Waals surface area contributed by atoms with E-state index < -0.39 is 0 Å². The van der Waals surface area contributed by atoms with Crippen LogP contribution < -0.4 is 10.5 Å². The van der Waals surface area contributed by atoms with Crippen LogP contribution in [0.25, 0.3) is 11.3 Å². The minimum Gasteiger partial charge on any atom is -0.496 e. The van der Waals surface area contributed by atoms with Crippen molar-refractivity contribution in [3.8, 4) is 17.0 Å². The monoisotopic (exact) mass is 231 g/mol. The van der Waals surface area contributed by atoms with Gasteiger partial charge in [0.05, 0.1) is 12.8 Å². The van der Waals surface area contributed by atoms with Crippen molar-refractivity contribution in [1.29, 1.82) is 0 Å². The maximum atomic E-state index is 5.75. The third-order valence-corrected chi connectivity index (χ3v) is 2.86. The van der Waals surface area contributed by atoms with Crippen LogP contribution in [-0.2, 0) is 13.5 Å². The molecule has 4 heteroatoms. The SMILES string of the molecule is CCc1ccc(OC)c(-c2cn(C)c(N)n2)c1. The van der Waals surface area contributed by atoms with Crippen molar-refractivity contribution in [3.63, 3.8) is 0 Å². The van der Waals surface area contributed by atoms with Gasteiger partial charge in [-0.05, 0) is 24.1 Å². The largest absolute Gasteiger partial charge is 0.496 e. The van der Waals surface area contributed by atoms with Crippen LogP contribution in [0.3, 0.4) is 0 Å². The number of ether oxygens (including phenoxy) is 1. The first-order chi connectivity index (χ1) is 8.15. The summed E-state index contributed by atoms with van der Waals surface area (Å²) in [5.74, 6) is 1.32. The van der Waals surface area contributed by atoms with Crippen LogP contribution in [-0.4, -0.2) is 16.7 Å². The predicted molar refractivity (Wildman–Crippen MR) is 69.0 cm³/mol. The Labute approximate surface area is 101 Å². The van der Waals surface area contributed by atoms with Gasteiger partial charge in [0.15, 0.2) is 5.95 Å². The average Bonchev–Trinajstić information content (AvgIpc) is 2.68. The lowest BCUT2D eigenvalue weighted by Crippen LogP contribution is -1.94. The molecule has 0 bridgehead atoms. The van der Waals surface area contributed by atoms with E-state index in [0.29, 0.717) is 5.95 Å². The number of benzene rings is 1. The van der Waals surface area contributed by atoms with Crippen molar-refractivity contribution in [2.75, 3.05) is 12.8 Å². The molecule has 0 aliphatic carbocycles. The minimum absolute atomic E-state index is 0.504. The summed E-state index contributed by atoms with van der Waals surface area (Å²) >= 11 is 0. The van der Waals surface area contributed by atoms with Crippen molar-refractivity contribution in [3.05, 3.63) is 30.0 Å². The summed E-state index contributed by atoms with van der Waals surface area (Å²) < 4.78 is 7.16. The van der Waals surface area contributed by atoms with Gasteiger partial charge >= 0.3 is 0 Å². The highest BCUT2D eigenvalue weighted by Gasteiger charge is 2.10. The van der Waals surface area contributed by atoms with Crippen LogP contribution in [0.5, 0.6) is 5.75 Å². The second-order valence-electron chi connectivity index (χ2n) is 3.98. The number of nitrogen functional groups attached to an aromatic ring is 1. The smallest absolute Gasteiger partial charge is 0.200 e. The highest BCUT2D eigenvalue weighted by Crippen LogP contribution is 2.30. The van der Waals surface area contributed by atoms with Gasteiger partial charge in [0.25, 0.3) is 0 Å². The lowest BCUT2D eigenvalue weighted by molar-refractivity contribution is 0.416. The number of imidazole rings is 1. The molecule has 0 aliphatic heterocycles.